The molecule has 2 fully saturated rings. The molecule has 0 N–H and O–H groups in total. The van der Waals surface area contributed by atoms with Crippen molar-refractivity contribution in [2.75, 3.05) is 0 Å². The molecule has 0 nitrogen and oxygen atoms in total. The molecule has 136 valence electrons. The lowest BCUT2D eigenvalue weighted by Crippen LogP contribution is -2.40. The monoisotopic (exact) mass is 320 g/mol. The summed E-state index contributed by atoms with van der Waals surface area (Å²) in [7, 11) is 0. The molecule has 0 heteroatoms. The predicted molar refractivity (Wildman–Crippen MR) is 104 cm³/mol. The van der Waals surface area contributed by atoms with Gasteiger partial charge in [-0.25, -0.2) is 0 Å². The Bertz CT molecular complexity index is 344. The van der Waals surface area contributed by atoms with Gasteiger partial charge in [0.2, 0.25) is 0 Å². The third kappa shape index (κ3) is 4.76. The van der Waals surface area contributed by atoms with Crippen molar-refractivity contribution < 1.29 is 0 Å². The zero-order chi connectivity index (χ0) is 17.0. The van der Waals surface area contributed by atoms with Gasteiger partial charge in [0.15, 0.2) is 0 Å². The minimum Gasteiger partial charge on any atom is -0.0654 e. The Kier molecular flexibility index (Phi) is 7.05. The minimum absolute atomic E-state index is 0.695. The van der Waals surface area contributed by atoms with Gasteiger partial charge in [0.05, 0.1) is 0 Å². The Labute approximate surface area is 147 Å². The molecule has 0 aliphatic heterocycles. The van der Waals surface area contributed by atoms with Crippen LogP contribution in [0.1, 0.15) is 106 Å². The molecule has 0 spiro atoms. The van der Waals surface area contributed by atoms with Crippen LogP contribution in [0, 0.1) is 40.9 Å². The maximum absolute atomic E-state index is 2.62. The van der Waals surface area contributed by atoms with E-state index < -0.39 is 0 Å². The van der Waals surface area contributed by atoms with Crippen molar-refractivity contribution in [2.45, 2.75) is 106 Å². The fourth-order valence-electron chi connectivity index (χ4n) is 5.53. The summed E-state index contributed by atoms with van der Waals surface area (Å²) in [5.41, 5.74) is 0.695. The number of hydrogen-bond acceptors (Lipinski definition) is 0. The molecule has 0 saturated heterocycles. The molecule has 2 rings (SSSR count). The van der Waals surface area contributed by atoms with E-state index in [0.29, 0.717) is 5.41 Å². The van der Waals surface area contributed by atoms with Crippen LogP contribution in [-0.4, -0.2) is 0 Å². The van der Waals surface area contributed by atoms with Crippen molar-refractivity contribution in [3.05, 3.63) is 0 Å². The topological polar surface area (TPSA) is 0 Å². The Morgan fingerprint density at radius 3 is 2.04 bits per heavy atom. The summed E-state index contributed by atoms with van der Waals surface area (Å²) in [6.07, 6.45) is 14.8. The van der Waals surface area contributed by atoms with Gasteiger partial charge in [-0.2, -0.15) is 0 Å². The van der Waals surface area contributed by atoms with Gasteiger partial charge in [0.25, 0.3) is 0 Å². The minimum atomic E-state index is 0.695. The molecule has 0 amide bonds. The molecule has 0 heterocycles. The smallest absolute Gasteiger partial charge is 0.0266 e. The first-order valence-corrected chi connectivity index (χ1v) is 10.9. The average Bonchev–Trinajstić information content (AvgIpc) is 3.06. The van der Waals surface area contributed by atoms with Crippen LogP contribution in [0.25, 0.3) is 0 Å². The van der Waals surface area contributed by atoms with Crippen molar-refractivity contribution in [3.63, 3.8) is 0 Å². The van der Waals surface area contributed by atoms with Gasteiger partial charge in [0.1, 0.15) is 0 Å². The van der Waals surface area contributed by atoms with E-state index in [1.54, 1.807) is 0 Å². The highest BCUT2D eigenvalue weighted by Crippen LogP contribution is 2.64. The first-order valence-electron chi connectivity index (χ1n) is 10.9. The fourth-order valence-corrected chi connectivity index (χ4v) is 5.53. The molecule has 6 unspecified atom stereocenters. The summed E-state index contributed by atoms with van der Waals surface area (Å²) in [4.78, 5) is 0. The van der Waals surface area contributed by atoms with E-state index in [0.717, 1.165) is 35.5 Å². The summed E-state index contributed by atoms with van der Waals surface area (Å²) < 4.78 is 0. The quantitative estimate of drug-likeness (QED) is 0.342. The Morgan fingerprint density at radius 2 is 1.57 bits per heavy atom. The van der Waals surface area contributed by atoms with Gasteiger partial charge in [-0.1, -0.05) is 80.1 Å². The standard InChI is InChI=1S/C23H44/c1-7-8-9-10-11-18(4)20-13-14-21(20)22(15-12-17(2)3)23(6)16-19(23)5/h17-22H,7-16H2,1-6H3. The first kappa shape index (κ1) is 19.3. The molecule has 0 radical (unpaired) electrons. The second-order valence-electron chi connectivity index (χ2n) is 9.92. The van der Waals surface area contributed by atoms with E-state index in [-0.39, 0.29) is 0 Å². The van der Waals surface area contributed by atoms with Crippen molar-refractivity contribution in [2.24, 2.45) is 40.9 Å². The summed E-state index contributed by atoms with van der Waals surface area (Å²) in [6, 6.07) is 0. The Morgan fingerprint density at radius 1 is 0.913 bits per heavy atom. The van der Waals surface area contributed by atoms with Gasteiger partial charge in [-0.05, 0) is 66.6 Å². The molecule has 0 aromatic heterocycles. The molecule has 23 heavy (non-hydrogen) atoms. The van der Waals surface area contributed by atoms with Crippen LogP contribution in [-0.2, 0) is 0 Å². The first-order chi connectivity index (χ1) is 10.9. The second-order valence-corrected chi connectivity index (χ2v) is 9.92. The lowest BCUT2D eigenvalue weighted by atomic mass is 9.57. The highest BCUT2D eigenvalue weighted by molar-refractivity contribution is 5.05. The maximum Gasteiger partial charge on any atom is -0.0266 e. The number of hydrogen-bond donors (Lipinski definition) is 0. The molecule has 2 aliphatic carbocycles. The lowest BCUT2D eigenvalue weighted by molar-refractivity contribution is 0.0129. The van der Waals surface area contributed by atoms with Gasteiger partial charge >= 0.3 is 0 Å². The molecule has 6 atom stereocenters. The largest absolute Gasteiger partial charge is 0.0654 e. The number of unbranched alkanes of at least 4 members (excludes halogenated alkanes) is 3. The van der Waals surface area contributed by atoms with Crippen LogP contribution in [0.2, 0.25) is 0 Å². The molecule has 0 bridgehead atoms. The van der Waals surface area contributed by atoms with Crippen molar-refractivity contribution >= 4 is 0 Å². The van der Waals surface area contributed by atoms with Crippen LogP contribution in [0.3, 0.4) is 0 Å². The fraction of sp³-hybridized carbons (Fsp3) is 1.00. The van der Waals surface area contributed by atoms with E-state index in [1.807, 2.05) is 0 Å². The Hall–Kier alpha value is 0. The van der Waals surface area contributed by atoms with Gasteiger partial charge < -0.3 is 0 Å². The molecule has 2 aliphatic rings. The highest BCUT2D eigenvalue weighted by atomic mass is 14.6. The molecule has 2 saturated carbocycles. The zero-order valence-corrected chi connectivity index (χ0v) is 17.0. The summed E-state index contributed by atoms with van der Waals surface area (Å²) in [5, 5.41) is 0. The molecular formula is C23H44. The van der Waals surface area contributed by atoms with Gasteiger partial charge in [-0.15, -0.1) is 0 Å². The van der Waals surface area contributed by atoms with Crippen molar-refractivity contribution in [3.8, 4) is 0 Å². The second kappa shape index (κ2) is 8.39. The SMILES string of the molecule is CCCCCCC(C)C1CCC1C(CCC(C)C)C1(C)CC1C. The average molecular weight is 321 g/mol. The van der Waals surface area contributed by atoms with E-state index in [4.69, 9.17) is 0 Å². The van der Waals surface area contributed by atoms with Crippen LogP contribution in [0.4, 0.5) is 0 Å². The third-order valence-electron chi connectivity index (χ3n) is 7.76. The third-order valence-corrected chi connectivity index (χ3v) is 7.76. The molecule has 0 aromatic carbocycles. The van der Waals surface area contributed by atoms with Crippen LogP contribution < -0.4 is 0 Å². The van der Waals surface area contributed by atoms with Gasteiger partial charge in [-0.3, -0.25) is 0 Å². The van der Waals surface area contributed by atoms with Crippen LogP contribution in [0.15, 0.2) is 0 Å². The predicted octanol–water partition coefficient (Wildman–Crippen LogP) is 7.72. The lowest BCUT2D eigenvalue weighted by Gasteiger charge is -2.48. The highest BCUT2D eigenvalue weighted by Gasteiger charge is 2.56. The molecular weight excluding hydrogens is 276 g/mol. The van der Waals surface area contributed by atoms with Gasteiger partial charge in [0, 0.05) is 0 Å². The van der Waals surface area contributed by atoms with Crippen LogP contribution >= 0.6 is 0 Å². The normalized spacial score (nSPS) is 35.9. The van der Waals surface area contributed by atoms with E-state index in [1.165, 1.54) is 64.2 Å². The molecule has 0 aromatic rings. The maximum atomic E-state index is 2.62. The van der Waals surface area contributed by atoms with Crippen molar-refractivity contribution in [1.82, 2.24) is 0 Å². The zero-order valence-electron chi connectivity index (χ0n) is 17.0. The Balaban J connectivity index is 1.88. The number of rotatable bonds is 11. The van der Waals surface area contributed by atoms with E-state index >= 15 is 0 Å². The van der Waals surface area contributed by atoms with E-state index in [9.17, 15) is 0 Å². The summed E-state index contributed by atoms with van der Waals surface area (Å²) >= 11 is 0. The van der Waals surface area contributed by atoms with Crippen molar-refractivity contribution in [1.29, 1.82) is 0 Å². The summed E-state index contributed by atoms with van der Waals surface area (Å²) in [6.45, 7) is 14.8. The summed E-state index contributed by atoms with van der Waals surface area (Å²) in [5.74, 6) is 5.98. The van der Waals surface area contributed by atoms with Crippen LogP contribution in [0.5, 0.6) is 0 Å². The van der Waals surface area contributed by atoms with E-state index in [2.05, 4.69) is 41.5 Å².